The number of hydrogen-bond donors (Lipinski definition) is 0. The Morgan fingerprint density at radius 2 is 1.14 bits per heavy atom. The number of rotatable bonds is 5. The first kappa shape index (κ1) is 23.0. The van der Waals surface area contributed by atoms with Crippen LogP contribution in [0.3, 0.4) is 0 Å². The molecule has 1 aliphatic rings. The quantitative estimate of drug-likeness (QED) is 0.195. The van der Waals surface area contributed by atoms with Gasteiger partial charge in [-0.1, -0.05) is 0 Å². The third-order valence-corrected chi connectivity index (χ3v) is 13.5. The van der Waals surface area contributed by atoms with Crippen LogP contribution < -0.4 is 23.1 Å². The number of hydrogen-bond acceptors (Lipinski definition) is 0. The summed E-state index contributed by atoms with van der Waals surface area (Å²) in [6.45, 7) is 6.83. The molecule has 6 rings (SSSR count). The van der Waals surface area contributed by atoms with Crippen LogP contribution in [0.15, 0.2) is 97.1 Å². The van der Waals surface area contributed by atoms with E-state index in [1.807, 2.05) is 0 Å². The van der Waals surface area contributed by atoms with Crippen LogP contribution in [0, 0.1) is 20.8 Å². The molecule has 0 unspecified atom stereocenters. The molecule has 0 atom stereocenters. The van der Waals surface area contributed by atoms with Crippen molar-refractivity contribution in [1.82, 2.24) is 0 Å². The van der Waals surface area contributed by atoms with Crippen LogP contribution in [0.5, 0.6) is 0 Å². The molecule has 35 heavy (non-hydrogen) atoms. The van der Waals surface area contributed by atoms with E-state index in [1.165, 1.54) is 45.4 Å². The molecular formula is C33H29PTe. The Morgan fingerprint density at radius 3 is 1.71 bits per heavy atom. The first-order valence-electron chi connectivity index (χ1n) is 12.3. The van der Waals surface area contributed by atoms with Crippen molar-refractivity contribution in [3.8, 4) is 0 Å². The second-order valence-electron chi connectivity index (χ2n) is 9.55. The molecule has 0 N–H and O–H groups in total. The molecule has 0 fully saturated rings. The van der Waals surface area contributed by atoms with Crippen LogP contribution in [0.4, 0.5) is 0 Å². The maximum atomic E-state index is 2.49. The Hall–Kier alpha value is -2.42. The summed E-state index contributed by atoms with van der Waals surface area (Å²) in [7, 11) is -0.633. The number of benzene rings is 5. The van der Waals surface area contributed by atoms with Crippen LogP contribution in [-0.2, 0) is 12.8 Å². The van der Waals surface area contributed by atoms with Crippen LogP contribution >= 0.6 is 7.92 Å². The molecule has 0 saturated carbocycles. The third-order valence-electron chi connectivity index (χ3n) is 7.02. The van der Waals surface area contributed by atoms with E-state index in [0.717, 1.165) is 0 Å². The molecule has 5 aromatic carbocycles. The second kappa shape index (κ2) is 9.56. The van der Waals surface area contributed by atoms with Gasteiger partial charge in [0, 0.05) is 0 Å². The summed E-state index contributed by atoms with van der Waals surface area (Å²) in [4.78, 5) is 0. The van der Waals surface area contributed by atoms with Gasteiger partial charge in [0.1, 0.15) is 0 Å². The minimum atomic E-state index is -0.633. The van der Waals surface area contributed by atoms with E-state index in [-0.39, 0.29) is 0 Å². The van der Waals surface area contributed by atoms with Crippen molar-refractivity contribution in [1.29, 1.82) is 0 Å². The molecule has 0 heterocycles. The summed E-state index contributed by atoms with van der Waals surface area (Å²) in [6, 6.07) is 36.9. The summed E-state index contributed by atoms with van der Waals surface area (Å²) >= 11 is -0.533. The van der Waals surface area contributed by atoms with E-state index in [1.54, 1.807) is 29.1 Å². The average molecular weight is 584 g/mol. The fourth-order valence-electron chi connectivity index (χ4n) is 5.57. The third kappa shape index (κ3) is 4.26. The zero-order valence-corrected chi connectivity index (χ0v) is 23.7. The van der Waals surface area contributed by atoms with Gasteiger partial charge in [-0.2, -0.15) is 0 Å². The van der Waals surface area contributed by atoms with Crippen molar-refractivity contribution < 1.29 is 0 Å². The van der Waals surface area contributed by atoms with E-state index in [9.17, 15) is 0 Å². The Balaban J connectivity index is 1.63. The summed E-state index contributed by atoms with van der Waals surface area (Å²) < 4.78 is 3.21. The van der Waals surface area contributed by atoms with E-state index >= 15 is 0 Å². The van der Waals surface area contributed by atoms with Crippen LogP contribution in [0.1, 0.15) is 27.8 Å². The fourth-order valence-corrected chi connectivity index (χ4v) is 11.4. The Morgan fingerprint density at radius 1 is 0.600 bits per heavy atom. The van der Waals surface area contributed by atoms with Crippen molar-refractivity contribution in [2.45, 2.75) is 33.6 Å². The fraction of sp³-hybridized carbons (Fsp3) is 0.152. The standard InChI is InChI=1S/C33H29PTe/c1-22-20-23(2)33(24(3)21-22)35-30-19-17-26-15-14-25-16-18-29(32(30)31(25)26)34(27-10-6-4-7-11-27)28-12-8-5-9-13-28/h4-13,16-21H,14-15H2,1-3H3. The van der Waals surface area contributed by atoms with Gasteiger partial charge in [0.25, 0.3) is 0 Å². The van der Waals surface area contributed by atoms with E-state index in [4.69, 9.17) is 0 Å². The minimum absolute atomic E-state index is 0.533. The van der Waals surface area contributed by atoms with Gasteiger partial charge in [0.15, 0.2) is 0 Å². The molecule has 0 aromatic heterocycles. The van der Waals surface area contributed by atoms with Crippen LogP contribution in [0.2, 0.25) is 0 Å². The molecule has 0 amide bonds. The molecular weight excluding hydrogens is 555 g/mol. The molecule has 1 aliphatic carbocycles. The van der Waals surface area contributed by atoms with Crippen LogP contribution in [-0.4, -0.2) is 20.9 Å². The van der Waals surface area contributed by atoms with E-state index < -0.39 is 28.8 Å². The molecule has 2 heteroatoms. The van der Waals surface area contributed by atoms with Gasteiger partial charge in [0.05, 0.1) is 0 Å². The maximum absolute atomic E-state index is 2.49. The molecule has 0 radical (unpaired) electrons. The predicted octanol–water partition coefficient (Wildman–Crippen LogP) is 5.28. The van der Waals surface area contributed by atoms with Crippen molar-refractivity contribution >= 4 is 62.8 Å². The van der Waals surface area contributed by atoms with Gasteiger partial charge in [-0.3, -0.25) is 0 Å². The van der Waals surface area contributed by atoms with Crippen LogP contribution in [0.25, 0.3) is 10.8 Å². The van der Waals surface area contributed by atoms with Crippen molar-refractivity contribution in [3.05, 3.63) is 125 Å². The van der Waals surface area contributed by atoms with Crippen molar-refractivity contribution in [2.24, 2.45) is 0 Å². The second-order valence-corrected chi connectivity index (χ2v) is 14.7. The first-order chi connectivity index (χ1) is 17.1. The Labute approximate surface area is 220 Å². The van der Waals surface area contributed by atoms with Crippen molar-refractivity contribution in [2.75, 3.05) is 0 Å². The van der Waals surface area contributed by atoms with Gasteiger partial charge in [-0.05, 0) is 0 Å². The summed E-state index contributed by atoms with van der Waals surface area (Å²) in [6.07, 6.45) is 2.35. The predicted molar refractivity (Wildman–Crippen MR) is 156 cm³/mol. The molecule has 0 nitrogen and oxygen atoms in total. The molecule has 0 aliphatic heterocycles. The van der Waals surface area contributed by atoms with E-state index in [2.05, 4.69) is 118 Å². The Kier molecular flexibility index (Phi) is 6.28. The zero-order chi connectivity index (χ0) is 23.9. The summed E-state index contributed by atoms with van der Waals surface area (Å²) in [5, 5.41) is 7.52. The normalized spacial score (nSPS) is 12.6. The van der Waals surface area contributed by atoms with Gasteiger partial charge >= 0.3 is 221 Å². The number of aryl methyl sites for hydroxylation is 5. The molecule has 0 saturated heterocycles. The topological polar surface area (TPSA) is 0 Å². The monoisotopic (exact) mass is 586 g/mol. The van der Waals surface area contributed by atoms with Gasteiger partial charge in [-0.15, -0.1) is 0 Å². The van der Waals surface area contributed by atoms with E-state index in [0.29, 0.717) is 0 Å². The molecule has 0 bridgehead atoms. The van der Waals surface area contributed by atoms with Gasteiger partial charge < -0.3 is 0 Å². The first-order valence-corrected chi connectivity index (χ1v) is 16.0. The average Bonchev–Trinajstić information content (AvgIpc) is 3.29. The Bertz CT molecular complexity index is 1460. The van der Waals surface area contributed by atoms with Gasteiger partial charge in [-0.25, -0.2) is 0 Å². The SMILES string of the molecule is Cc1cc(C)c([Te]c2ccc3c4c(ccc(P(c5ccccc5)c5ccccc5)c24)CC3)c(C)c1. The molecule has 5 aromatic rings. The molecule has 172 valence electrons. The zero-order valence-electron chi connectivity index (χ0n) is 20.5. The molecule has 0 spiro atoms. The summed E-state index contributed by atoms with van der Waals surface area (Å²) in [5.74, 6) is 0. The van der Waals surface area contributed by atoms with Gasteiger partial charge in [0.2, 0.25) is 0 Å². The van der Waals surface area contributed by atoms with Crippen molar-refractivity contribution in [3.63, 3.8) is 0 Å². The summed E-state index contributed by atoms with van der Waals surface area (Å²) in [5.41, 5.74) is 7.38.